The van der Waals surface area contributed by atoms with Crippen molar-refractivity contribution in [2.24, 2.45) is 0 Å². The second-order valence-electron chi connectivity index (χ2n) is 2.97. The van der Waals surface area contributed by atoms with Gasteiger partial charge in [0.2, 0.25) is 0 Å². The topological polar surface area (TPSA) is 31.2 Å². The molecule has 3 rings (SSSR count). The van der Waals surface area contributed by atoms with Crippen molar-refractivity contribution < 1.29 is 4.74 Å². The molecule has 0 spiro atoms. The number of rotatable bonds is 0. The van der Waals surface area contributed by atoms with Gasteiger partial charge in [-0.3, -0.25) is 0 Å². The summed E-state index contributed by atoms with van der Waals surface area (Å²) in [7, 11) is 0. The summed E-state index contributed by atoms with van der Waals surface area (Å²) in [5.41, 5.74) is 0. The van der Waals surface area contributed by atoms with Crippen LogP contribution in [0.25, 0.3) is 0 Å². The Bertz CT molecular complexity index is 138. The van der Waals surface area contributed by atoms with Crippen molar-refractivity contribution in [1.82, 2.24) is 5.32 Å². The monoisotopic (exact) mass is 143 g/mol. The zero-order chi connectivity index (χ0) is 5.84. The van der Waals surface area contributed by atoms with Gasteiger partial charge in [0.05, 0.1) is 24.3 Å². The van der Waals surface area contributed by atoms with E-state index >= 15 is 0 Å². The highest BCUT2D eigenvalue weighted by atomic mass is 32.2. The first kappa shape index (κ1) is 4.99. The van der Waals surface area contributed by atoms with Crippen LogP contribution in [0.2, 0.25) is 0 Å². The van der Waals surface area contributed by atoms with Crippen molar-refractivity contribution in [3.8, 4) is 0 Å². The van der Waals surface area contributed by atoms with E-state index < -0.39 is 0 Å². The maximum atomic E-state index is 5.68. The summed E-state index contributed by atoms with van der Waals surface area (Å²) in [5.74, 6) is 2.43. The van der Waals surface area contributed by atoms with Crippen molar-refractivity contribution in [2.45, 2.75) is 24.3 Å². The number of nitrogens with one attached hydrogen (secondary N) is 1. The second-order valence-corrected chi connectivity index (χ2v) is 4.04. The summed E-state index contributed by atoms with van der Waals surface area (Å²) in [4.78, 5) is 0. The van der Waals surface area contributed by atoms with Crippen molar-refractivity contribution in [2.75, 3.05) is 11.5 Å². The first-order valence-electron chi connectivity index (χ1n) is 3.44. The zero-order valence-electron chi connectivity index (χ0n) is 5.04. The molecule has 0 amide bonds. The Labute approximate surface area is 58.3 Å². The molecule has 0 saturated carbocycles. The first-order valence-corrected chi connectivity index (χ1v) is 4.60. The molecular formula is C6H9NOS. The molecule has 0 aromatic carbocycles. The van der Waals surface area contributed by atoms with Crippen molar-refractivity contribution in [3.63, 3.8) is 0 Å². The van der Waals surface area contributed by atoms with Gasteiger partial charge < -0.3 is 10.1 Å². The van der Waals surface area contributed by atoms with Gasteiger partial charge in [0.1, 0.15) is 0 Å². The van der Waals surface area contributed by atoms with Crippen LogP contribution < -0.4 is 5.32 Å². The van der Waals surface area contributed by atoms with E-state index in [4.69, 9.17) is 4.74 Å². The van der Waals surface area contributed by atoms with Crippen molar-refractivity contribution in [3.05, 3.63) is 0 Å². The molecule has 0 aliphatic carbocycles. The zero-order valence-corrected chi connectivity index (χ0v) is 5.86. The van der Waals surface area contributed by atoms with Gasteiger partial charge in [-0.15, -0.1) is 0 Å². The van der Waals surface area contributed by atoms with Crippen LogP contribution in [0.5, 0.6) is 0 Å². The molecule has 9 heavy (non-hydrogen) atoms. The molecule has 2 nitrogen and oxygen atoms in total. The summed E-state index contributed by atoms with van der Waals surface area (Å²) in [5, 5.41) is 3.43. The third-order valence-corrected chi connectivity index (χ3v) is 3.51. The molecule has 2 bridgehead atoms. The minimum atomic E-state index is 0.554. The Morgan fingerprint density at radius 3 is 2.44 bits per heavy atom. The van der Waals surface area contributed by atoms with Crippen LogP contribution >= 0.6 is 11.8 Å². The van der Waals surface area contributed by atoms with Gasteiger partial charge in [-0.1, -0.05) is 0 Å². The van der Waals surface area contributed by atoms with Crippen LogP contribution in [0.3, 0.4) is 0 Å². The van der Waals surface area contributed by atoms with Gasteiger partial charge in [-0.25, -0.2) is 0 Å². The fourth-order valence-electron chi connectivity index (χ4n) is 1.82. The molecule has 0 radical (unpaired) electrons. The minimum absolute atomic E-state index is 0.554. The molecule has 0 unspecified atom stereocenters. The van der Waals surface area contributed by atoms with E-state index in [0.29, 0.717) is 12.2 Å². The van der Waals surface area contributed by atoms with E-state index in [0.717, 1.165) is 12.1 Å². The lowest BCUT2D eigenvalue weighted by Gasteiger charge is -2.22. The smallest absolute Gasteiger partial charge is 0.0839 e. The van der Waals surface area contributed by atoms with Crippen LogP contribution in [0, 0.1) is 0 Å². The quantitative estimate of drug-likeness (QED) is 0.478. The molecule has 3 fully saturated rings. The lowest BCUT2D eigenvalue weighted by Crippen LogP contribution is -2.32. The lowest BCUT2D eigenvalue weighted by molar-refractivity contribution is 0.0426. The molecule has 0 aromatic rings. The second kappa shape index (κ2) is 1.47. The Morgan fingerprint density at radius 2 is 1.89 bits per heavy atom. The highest BCUT2D eigenvalue weighted by Gasteiger charge is 2.56. The van der Waals surface area contributed by atoms with E-state index in [1.807, 2.05) is 11.8 Å². The molecule has 3 heterocycles. The predicted octanol–water partition coefficient (Wildman–Crippen LogP) is -0.159. The van der Waals surface area contributed by atoms with Crippen LogP contribution in [-0.4, -0.2) is 35.8 Å². The molecule has 3 aliphatic heterocycles. The SMILES string of the molecule is C1SC[C@H]2O[C@@H]1[C@@H]1N[C@@H]12. The predicted molar refractivity (Wildman–Crippen MR) is 36.7 cm³/mol. The maximum absolute atomic E-state index is 5.68. The van der Waals surface area contributed by atoms with Gasteiger partial charge in [0.15, 0.2) is 0 Å². The van der Waals surface area contributed by atoms with E-state index in [1.165, 1.54) is 11.5 Å². The first-order chi connectivity index (χ1) is 4.45. The molecule has 3 aliphatic rings. The highest BCUT2D eigenvalue weighted by Crippen LogP contribution is 2.38. The van der Waals surface area contributed by atoms with Gasteiger partial charge >= 0.3 is 0 Å². The van der Waals surface area contributed by atoms with Crippen molar-refractivity contribution in [1.29, 1.82) is 0 Å². The fraction of sp³-hybridized carbons (Fsp3) is 1.00. The van der Waals surface area contributed by atoms with E-state index in [-0.39, 0.29) is 0 Å². The fourth-order valence-corrected chi connectivity index (χ4v) is 3.00. The highest BCUT2D eigenvalue weighted by molar-refractivity contribution is 7.99. The van der Waals surface area contributed by atoms with Gasteiger partial charge in [-0.2, -0.15) is 11.8 Å². The normalized spacial score (nSPS) is 61.3. The van der Waals surface area contributed by atoms with Crippen LogP contribution in [-0.2, 0) is 4.74 Å². The maximum Gasteiger partial charge on any atom is 0.0839 e. The minimum Gasteiger partial charge on any atom is -0.370 e. The molecule has 0 aromatic heterocycles. The third kappa shape index (κ3) is 0.552. The summed E-state index contributed by atoms with van der Waals surface area (Å²) in [6.07, 6.45) is 1.11. The molecule has 50 valence electrons. The summed E-state index contributed by atoms with van der Waals surface area (Å²) in [6.45, 7) is 0. The molecule has 3 heteroatoms. The number of hydrogen-bond donors (Lipinski definition) is 1. The number of morpholine rings is 1. The largest absolute Gasteiger partial charge is 0.370 e. The Morgan fingerprint density at radius 1 is 1.22 bits per heavy atom. The molecule has 1 N–H and O–H groups in total. The molecule has 3 saturated heterocycles. The average Bonchev–Trinajstić information content (AvgIpc) is 2.62. The summed E-state index contributed by atoms with van der Waals surface area (Å²) in [6, 6.07) is 1.48. The molecular weight excluding hydrogens is 134 g/mol. The van der Waals surface area contributed by atoms with E-state index in [1.54, 1.807) is 0 Å². The number of ether oxygens (including phenoxy) is 1. The summed E-state index contributed by atoms with van der Waals surface area (Å²) < 4.78 is 5.68. The van der Waals surface area contributed by atoms with E-state index in [2.05, 4.69) is 5.32 Å². The number of hydrogen-bond acceptors (Lipinski definition) is 3. The average molecular weight is 143 g/mol. The van der Waals surface area contributed by atoms with Crippen LogP contribution in [0.15, 0.2) is 0 Å². The van der Waals surface area contributed by atoms with Crippen LogP contribution in [0.1, 0.15) is 0 Å². The van der Waals surface area contributed by atoms with Gasteiger partial charge in [-0.05, 0) is 0 Å². The van der Waals surface area contributed by atoms with Crippen LogP contribution in [0.4, 0.5) is 0 Å². The Hall–Kier alpha value is 0.270. The standard InChI is InChI=1S/C6H9NOS/c1-3-5-6(7-5)4(8-3)2-9-1/h3-7H,1-2H2/t3-,4+,5-,6+. The van der Waals surface area contributed by atoms with Crippen molar-refractivity contribution >= 4 is 11.8 Å². The van der Waals surface area contributed by atoms with Gasteiger partial charge in [0.25, 0.3) is 0 Å². The summed E-state index contributed by atoms with van der Waals surface area (Å²) >= 11 is 2.04. The van der Waals surface area contributed by atoms with E-state index in [9.17, 15) is 0 Å². The lowest BCUT2D eigenvalue weighted by atomic mass is 10.2. The molecule has 4 atom stereocenters. The number of fused-ring (bicyclic) bond motifs is 5. The van der Waals surface area contributed by atoms with Gasteiger partial charge in [0, 0.05) is 11.5 Å². The Balaban J connectivity index is 1.92. The number of thioether (sulfide) groups is 1. The third-order valence-electron chi connectivity index (χ3n) is 2.38. The Kier molecular flexibility index (Phi) is 0.813.